The average molecular weight is 315 g/mol. The minimum Gasteiger partial charge on any atom is -0.484 e. The molecule has 3 rings (SSSR count). The topological polar surface area (TPSA) is 63.7 Å². The number of carbonyl (C=O) groups is 1. The van der Waals surface area contributed by atoms with Crippen LogP contribution in [-0.4, -0.2) is 61.8 Å². The number of hydrogen-bond donors (Lipinski definition) is 1. The Morgan fingerprint density at radius 3 is 3.04 bits per heavy atom. The number of amides is 1. The molecule has 1 amide bonds. The second kappa shape index (κ2) is 7.89. The van der Waals surface area contributed by atoms with Crippen molar-refractivity contribution in [3.05, 3.63) is 36.5 Å². The summed E-state index contributed by atoms with van der Waals surface area (Å²) in [5.41, 5.74) is 0.912. The smallest absolute Gasteiger partial charge is 0.257 e. The van der Waals surface area contributed by atoms with Crippen LogP contribution >= 0.6 is 0 Å². The molecule has 0 atom stereocenters. The van der Waals surface area contributed by atoms with Crippen molar-refractivity contribution in [2.75, 3.05) is 46.0 Å². The first-order chi connectivity index (χ1) is 11.3. The molecule has 0 unspecified atom stereocenters. The van der Waals surface area contributed by atoms with Crippen LogP contribution in [0.3, 0.4) is 0 Å². The number of ether oxygens (including phenoxy) is 2. The van der Waals surface area contributed by atoms with Crippen molar-refractivity contribution in [3.8, 4) is 5.75 Å². The third kappa shape index (κ3) is 4.64. The molecule has 0 spiro atoms. The molecule has 0 saturated carbocycles. The van der Waals surface area contributed by atoms with Gasteiger partial charge in [-0.1, -0.05) is 6.07 Å². The van der Waals surface area contributed by atoms with Crippen LogP contribution in [0.4, 0.5) is 0 Å². The van der Waals surface area contributed by atoms with Gasteiger partial charge in [0.25, 0.3) is 5.91 Å². The predicted molar refractivity (Wildman–Crippen MR) is 87.5 cm³/mol. The van der Waals surface area contributed by atoms with E-state index in [0.717, 1.165) is 43.8 Å². The van der Waals surface area contributed by atoms with Gasteiger partial charge in [0.15, 0.2) is 6.61 Å². The fraction of sp³-hybridized carbons (Fsp3) is 0.412. The van der Waals surface area contributed by atoms with Gasteiger partial charge >= 0.3 is 0 Å². The predicted octanol–water partition coefficient (Wildman–Crippen LogP) is 1.06. The standard InChI is InChI=1S/C17H21N3O3/c21-17(19-6-7-20-8-10-22-11-9-20)13-23-15-3-4-16-14(12-15)2-1-5-18-16/h1-5,12H,6-11,13H2,(H,19,21). The van der Waals surface area contributed by atoms with Gasteiger partial charge in [-0.05, 0) is 24.3 Å². The van der Waals surface area contributed by atoms with E-state index in [4.69, 9.17) is 9.47 Å². The van der Waals surface area contributed by atoms with Crippen LogP contribution in [-0.2, 0) is 9.53 Å². The number of nitrogens with one attached hydrogen (secondary N) is 1. The molecule has 23 heavy (non-hydrogen) atoms. The number of benzene rings is 1. The second-order valence-electron chi connectivity index (χ2n) is 5.45. The fourth-order valence-electron chi connectivity index (χ4n) is 2.52. The summed E-state index contributed by atoms with van der Waals surface area (Å²) in [7, 11) is 0. The van der Waals surface area contributed by atoms with Crippen LogP contribution < -0.4 is 10.1 Å². The molecule has 2 aromatic rings. The lowest BCUT2D eigenvalue weighted by Gasteiger charge is -2.26. The fourth-order valence-corrected chi connectivity index (χ4v) is 2.52. The molecule has 0 radical (unpaired) electrons. The molecule has 0 aliphatic carbocycles. The minimum atomic E-state index is -0.107. The van der Waals surface area contributed by atoms with Crippen LogP contribution in [0, 0.1) is 0 Å². The van der Waals surface area contributed by atoms with E-state index in [0.29, 0.717) is 12.3 Å². The van der Waals surface area contributed by atoms with E-state index in [-0.39, 0.29) is 12.5 Å². The number of rotatable bonds is 6. The number of pyridine rings is 1. The summed E-state index contributed by atoms with van der Waals surface area (Å²) < 4.78 is 10.8. The van der Waals surface area contributed by atoms with Crippen LogP contribution in [0.2, 0.25) is 0 Å². The molecule has 1 fully saturated rings. The van der Waals surface area contributed by atoms with Crippen molar-refractivity contribution in [3.63, 3.8) is 0 Å². The Morgan fingerprint density at radius 2 is 2.17 bits per heavy atom. The lowest BCUT2D eigenvalue weighted by atomic mass is 10.2. The molecule has 1 aliphatic heterocycles. The van der Waals surface area contributed by atoms with Crippen molar-refractivity contribution in [2.24, 2.45) is 0 Å². The van der Waals surface area contributed by atoms with Crippen LogP contribution in [0.5, 0.6) is 5.75 Å². The molecule has 1 N–H and O–H groups in total. The van der Waals surface area contributed by atoms with Gasteiger partial charge in [-0.25, -0.2) is 0 Å². The first-order valence-electron chi connectivity index (χ1n) is 7.86. The summed E-state index contributed by atoms with van der Waals surface area (Å²) in [5.74, 6) is 0.568. The van der Waals surface area contributed by atoms with Crippen LogP contribution in [0.25, 0.3) is 10.9 Å². The van der Waals surface area contributed by atoms with E-state index >= 15 is 0 Å². The van der Waals surface area contributed by atoms with E-state index in [1.807, 2.05) is 30.3 Å². The SMILES string of the molecule is O=C(COc1ccc2ncccc2c1)NCCN1CCOCC1. The molecule has 122 valence electrons. The van der Waals surface area contributed by atoms with Gasteiger partial charge < -0.3 is 14.8 Å². The van der Waals surface area contributed by atoms with Crippen LogP contribution in [0.1, 0.15) is 0 Å². The number of morpholine rings is 1. The van der Waals surface area contributed by atoms with Crippen molar-refractivity contribution >= 4 is 16.8 Å². The van der Waals surface area contributed by atoms with Gasteiger partial charge in [-0.15, -0.1) is 0 Å². The Kier molecular flexibility index (Phi) is 5.39. The van der Waals surface area contributed by atoms with E-state index in [1.165, 1.54) is 0 Å². The van der Waals surface area contributed by atoms with Crippen molar-refractivity contribution in [2.45, 2.75) is 0 Å². The van der Waals surface area contributed by atoms with Gasteiger partial charge in [0.1, 0.15) is 5.75 Å². The Balaban J connectivity index is 1.40. The maximum absolute atomic E-state index is 11.8. The molecule has 1 aromatic carbocycles. The highest BCUT2D eigenvalue weighted by Crippen LogP contribution is 2.18. The normalized spacial score (nSPS) is 15.5. The first-order valence-corrected chi connectivity index (χ1v) is 7.86. The van der Waals surface area contributed by atoms with Gasteiger partial charge in [0, 0.05) is 37.8 Å². The number of aromatic nitrogens is 1. The van der Waals surface area contributed by atoms with E-state index in [2.05, 4.69) is 15.2 Å². The Labute approximate surface area is 135 Å². The third-order valence-electron chi connectivity index (χ3n) is 3.80. The molecule has 2 heterocycles. The van der Waals surface area contributed by atoms with Gasteiger partial charge in [0.05, 0.1) is 18.7 Å². The molecular formula is C17H21N3O3. The lowest BCUT2D eigenvalue weighted by molar-refractivity contribution is -0.123. The Hall–Kier alpha value is -2.18. The van der Waals surface area contributed by atoms with E-state index in [9.17, 15) is 4.79 Å². The largest absolute Gasteiger partial charge is 0.484 e. The summed E-state index contributed by atoms with van der Waals surface area (Å²) in [6.45, 7) is 4.90. The van der Waals surface area contributed by atoms with Crippen molar-refractivity contribution in [1.29, 1.82) is 0 Å². The maximum atomic E-state index is 11.8. The number of carbonyl (C=O) groups excluding carboxylic acids is 1. The summed E-state index contributed by atoms with van der Waals surface area (Å²) in [6.07, 6.45) is 1.75. The van der Waals surface area contributed by atoms with Gasteiger partial charge in [0.2, 0.25) is 0 Å². The average Bonchev–Trinajstić information content (AvgIpc) is 2.61. The second-order valence-corrected chi connectivity index (χ2v) is 5.45. The third-order valence-corrected chi connectivity index (χ3v) is 3.80. The maximum Gasteiger partial charge on any atom is 0.257 e. The first kappa shape index (κ1) is 15.7. The van der Waals surface area contributed by atoms with Crippen molar-refractivity contribution < 1.29 is 14.3 Å². The molecule has 6 nitrogen and oxygen atoms in total. The zero-order valence-electron chi connectivity index (χ0n) is 13.0. The lowest BCUT2D eigenvalue weighted by Crippen LogP contribution is -2.42. The molecular weight excluding hydrogens is 294 g/mol. The van der Waals surface area contributed by atoms with Gasteiger partial charge in [-0.3, -0.25) is 14.7 Å². The highest BCUT2D eigenvalue weighted by Gasteiger charge is 2.10. The van der Waals surface area contributed by atoms with Gasteiger partial charge in [-0.2, -0.15) is 0 Å². The van der Waals surface area contributed by atoms with E-state index < -0.39 is 0 Å². The van der Waals surface area contributed by atoms with E-state index in [1.54, 1.807) is 6.20 Å². The van der Waals surface area contributed by atoms with Crippen LogP contribution in [0.15, 0.2) is 36.5 Å². The number of hydrogen-bond acceptors (Lipinski definition) is 5. The molecule has 1 saturated heterocycles. The Bertz CT molecular complexity index is 656. The molecule has 1 aromatic heterocycles. The zero-order chi connectivity index (χ0) is 15.9. The zero-order valence-corrected chi connectivity index (χ0v) is 13.0. The molecule has 1 aliphatic rings. The summed E-state index contributed by atoms with van der Waals surface area (Å²) in [4.78, 5) is 18.4. The number of fused-ring (bicyclic) bond motifs is 1. The highest BCUT2D eigenvalue weighted by atomic mass is 16.5. The summed E-state index contributed by atoms with van der Waals surface area (Å²) >= 11 is 0. The Morgan fingerprint density at radius 1 is 1.30 bits per heavy atom. The quantitative estimate of drug-likeness (QED) is 0.864. The summed E-state index contributed by atoms with van der Waals surface area (Å²) in [5, 5.41) is 3.88. The molecule has 0 bridgehead atoms. The number of nitrogens with zero attached hydrogens (tertiary/aromatic N) is 2. The molecule has 6 heteroatoms. The van der Waals surface area contributed by atoms with Crippen molar-refractivity contribution in [1.82, 2.24) is 15.2 Å². The highest BCUT2D eigenvalue weighted by molar-refractivity contribution is 5.80. The summed E-state index contributed by atoms with van der Waals surface area (Å²) in [6, 6.07) is 9.46. The minimum absolute atomic E-state index is 0.0227. The monoisotopic (exact) mass is 315 g/mol.